The molecule has 0 aliphatic carbocycles. The molecular formula is C7H10N2O2. The summed E-state index contributed by atoms with van der Waals surface area (Å²) in [7, 11) is 1.73. The van der Waals surface area contributed by atoms with Gasteiger partial charge in [0.1, 0.15) is 6.04 Å². The predicted octanol–water partition coefficient (Wildman–Crippen LogP) is -0.0851. The van der Waals surface area contributed by atoms with Gasteiger partial charge in [-0.3, -0.25) is 9.69 Å². The Kier molecular flexibility index (Phi) is 2.11. The van der Waals surface area contributed by atoms with Gasteiger partial charge in [0.25, 0.3) is 0 Å². The molecule has 4 heteroatoms. The number of carboxylic acid groups (broad SMARTS) is 1. The molecule has 0 spiro atoms. The summed E-state index contributed by atoms with van der Waals surface area (Å²) in [6.07, 6.45) is 0.461. The van der Waals surface area contributed by atoms with Gasteiger partial charge < -0.3 is 5.11 Å². The molecular weight excluding hydrogens is 144 g/mol. The van der Waals surface area contributed by atoms with Gasteiger partial charge in [0.2, 0.25) is 0 Å². The van der Waals surface area contributed by atoms with Gasteiger partial charge in [-0.2, -0.15) is 5.26 Å². The quantitative estimate of drug-likeness (QED) is 0.573. The average Bonchev–Trinajstić information content (AvgIpc) is 2.30. The van der Waals surface area contributed by atoms with Crippen molar-refractivity contribution >= 4 is 5.97 Å². The van der Waals surface area contributed by atoms with Crippen molar-refractivity contribution in [3.63, 3.8) is 0 Å². The topological polar surface area (TPSA) is 64.3 Å². The van der Waals surface area contributed by atoms with Gasteiger partial charge in [0.05, 0.1) is 12.0 Å². The van der Waals surface area contributed by atoms with Crippen LogP contribution >= 0.6 is 0 Å². The minimum Gasteiger partial charge on any atom is -0.480 e. The number of nitrogens with zero attached hydrogens (tertiary/aromatic N) is 2. The van der Waals surface area contributed by atoms with E-state index in [0.717, 1.165) is 0 Å². The Bertz CT molecular complexity index is 209. The molecule has 1 saturated heterocycles. The van der Waals surface area contributed by atoms with E-state index in [1.165, 1.54) is 0 Å². The summed E-state index contributed by atoms with van der Waals surface area (Å²) in [6.45, 7) is 0.577. The van der Waals surface area contributed by atoms with E-state index in [1.807, 2.05) is 0 Å². The molecule has 1 rings (SSSR count). The van der Waals surface area contributed by atoms with Crippen LogP contribution in [-0.4, -0.2) is 35.6 Å². The summed E-state index contributed by atoms with van der Waals surface area (Å²) in [5.74, 6) is -0.939. The Balaban J connectivity index is 2.60. The first-order valence-electron chi connectivity index (χ1n) is 3.48. The van der Waals surface area contributed by atoms with Gasteiger partial charge in [-0.15, -0.1) is 0 Å². The van der Waals surface area contributed by atoms with E-state index >= 15 is 0 Å². The van der Waals surface area contributed by atoms with Crippen molar-refractivity contribution in [2.45, 2.75) is 12.5 Å². The SMILES string of the molecule is CN1CC(C#N)CC1C(=O)O. The van der Waals surface area contributed by atoms with Crippen molar-refractivity contribution in [1.82, 2.24) is 4.90 Å². The summed E-state index contributed by atoms with van der Waals surface area (Å²) in [5, 5.41) is 17.2. The number of rotatable bonds is 1. The van der Waals surface area contributed by atoms with Gasteiger partial charge in [-0.25, -0.2) is 0 Å². The molecule has 1 aliphatic rings. The lowest BCUT2D eigenvalue weighted by atomic mass is 10.1. The summed E-state index contributed by atoms with van der Waals surface area (Å²) < 4.78 is 0. The van der Waals surface area contributed by atoms with Crippen LogP contribution in [0, 0.1) is 17.2 Å². The molecule has 0 amide bonds. The third-order valence-corrected chi connectivity index (χ3v) is 2.02. The number of likely N-dealkylation sites (N-methyl/N-ethyl adjacent to an activating group) is 1. The number of hydrogen-bond acceptors (Lipinski definition) is 3. The maximum atomic E-state index is 10.5. The second-order valence-electron chi connectivity index (χ2n) is 2.86. The Morgan fingerprint density at radius 2 is 2.45 bits per heavy atom. The molecule has 0 radical (unpaired) electrons. The van der Waals surface area contributed by atoms with Crippen LogP contribution in [0.1, 0.15) is 6.42 Å². The van der Waals surface area contributed by atoms with E-state index in [-0.39, 0.29) is 5.92 Å². The highest BCUT2D eigenvalue weighted by molar-refractivity contribution is 5.73. The van der Waals surface area contributed by atoms with Crippen LogP contribution < -0.4 is 0 Å². The van der Waals surface area contributed by atoms with E-state index in [4.69, 9.17) is 10.4 Å². The van der Waals surface area contributed by atoms with Gasteiger partial charge in [-0.1, -0.05) is 0 Å². The van der Waals surface area contributed by atoms with Gasteiger partial charge >= 0.3 is 5.97 Å². The van der Waals surface area contributed by atoms with Crippen LogP contribution in [0.2, 0.25) is 0 Å². The van der Waals surface area contributed by atoms with Crippen LogP contribution in [-0.2, 0) is 4.79 Å². The number of nitriles is 1. The second-order valence-corrected chi connectivity index (χ2v) is 2.86. The molecule has 60 valence electrons. The third-order valence-electron chi connectivity index (χ3n) is 2.02. The molecule has 11 heavy (non-hydrogen) atoms. The fourth-order valence-electron chi connectivity index (χ4n) is 1.38. The molecule has 2 atom stereocenters. The third kappa shape index (κ3) is 1.49. The van der Waals surface area contributed by atoms with Crippen molar-refractivity contribution in [3.8, 4) is 6.07 Å². The van der Waals surface area contributed by atoms with E-state index in [9.17, 15) is 4.79 Å². The van der Waals surface area contributed by atoms with Gasteiger partial charge in [-0.05, 0) is 13.5 Å². The molecule has 0 saturated carbocycles. The summed E-state index contributed by atoms with van der Waals surface area (Å²) in [6, 6.07) is 1.62. The summed E-state index contributed by atoms with van der Waals surface area (Å²) in [5.41, 5.74) is 0. The van der Waals surface area contributed by atoms with Crippen molar-refractivity contribution in [1.29, 1.82) is 5.26 Å². The van der Waals surface area contributed by atoms with Crippen LogP contribution in [0.4, 0.5) is 0 Å². The molecule has 1 N–H and O–H groups in total. The molecule has 0 aromatic rings. The maximum Gasteiger partial charge on any atom is 0.320 e. The van der Waals surface area contributed by atoms with Gasteiger partial charge in [0.15, 0.2) is 0 Å². The Morgan fingerprint density at radius 1 is 1.82 bits per heavy atom. The van der Waals surface area contributed by atoms with E-state index < -0.39 is 12.0 Å². The van der Waals surface area contributed by atoms with Gasteiger partial charge in [0, 0.05) is 6.54 Å². The summed E-state index contributed by atoms with van der Waals surface area (Å²) in [4.78, 5) is 12.2. The minimum atomic E-state index is -0.828. The monoisotopic (exact) mass is 154 g/mol. The standard InChI is InChI=1S/C7H10N2O2/c1-9-4-5(3-8)2-6(9)7(10)11/h5-6H,2,4H2,1H3,(H,10,11). The largest absolute Gasteiger partial charge is 0.480 e. The normalized spacial score (nSPS) is 31.6. The Labute approximate surface area is 65.0 Å². The van der Waals surface area contributed by atoms with Crippen LogP contribution in [0.25, 0.3) is 0 Å². The molecule has 1 fully saturated rings. The molecule has 0 bridgehead atoms. The van der Waals surface area contributed by atoms with Crippen LogP contribution in [0.3, 0.4) is 0 Å². The number of likely N-dealkylation sites (tertiary alicyclic amines) is 1. The highest BCUT2D eigenvalue weighted by atomic mass is 16.4. The Morgan fingerprint density at radius 3 is 2.73 bits per heavy atom. The average molecular weight is 154 g/mol. The van der Waals surface area contributed by atoms with E-state index in [1.54, 1.807) is 11.9 Å². The molecule has 0 aromatic heterocycles. The molecule has 1 aliphatic heterocycles. The fraction of sp³-hybridized carbons (Fsp3) is 0.714. The van der Waals surface area contributed by atoms with Crippen LogP contribution in [0.15, 0.2) is 0 Å². The summed E-state index contributed by atoms with van der Waals surface area (Å²) >= 11 is 0. The zero-order valence-electron chi connectivity index (χ0n) is 6.32. The molecule has 2 unspecified atom stereocenters. The predicted molar refractivity (Wildman–Crippen MR) is 37.8 cm³/mol. The highest BCUT2D eigenvalue weighted by Gasteiger charge is 2.34. The number of hydrogen-bond donors (Lipinski definition) is 1. The number of carboxylic acids is 1. The van der Waals surface area contributed by atoms with Crippen molar-refractivity contribution in [3.05, 3.63) is 0 Å². The van der Waals surface area contributed by atoms with E-state index in [2.05, 4.69) is 6.07 Å². The smallest absolute Gasteiger partial charge is 0.320 e. The molecule has 4 nitrogen and oxygen atoms in total. The minimum absolute atomic E-state index is 0.110. The zero-order chi connectivity index (χ0) is 8.43. The first-order valence-corrected chi connectivity index (χ1v) is 3.48. The van der Waals surface area contributed by atoms with Crippen molar-refractivity contribution in [2.75, 3.05) is 13.6 Å². The van der Waals surface area contributed by atoms with Crippen LogP contribution in [0.5, 0.6) is 0 Å². The molecule has 0 aromatic carbocycles. The lowest BCUT2D eigenvalue weighted by Crippen LogP contribution is -2.32. The lowest BCUT2D eigenvalue weighted by molar-refractivity contribution is -0.141. The lowest BCUT2D eigenvalue weighted by Gasteiger charge is -2.12. The highest BCUT2D eigenvalue weighted by Crippen LogP contribution is 2.20. The van der Waals surface area contributed by atoms with E-state index in [0.29, 0.717) is 13.0 Å². The number of carbonyl (C=O) groups is 1. The van der Waals surface area contributed by atoms with Crippen molar-refractivity contribution < 1.29 is 9.90 Å². The zero-order valence-corrected chi connectivity index (χ0v) is 6.32. The first kappa shape index (κ1) is 8.02. The fourth-order valence-corrected chi connectivity index (χ4v) is 1.38. The van der Waals surface area contributed by atoms with Crippen molar-refractivity contribution in [2.24, 2.45) is 5.92 Å². The second kappa shape index (κ2) is 2.89. The maximum absolute atomic E-state index is 10.5. The molecule has 1 heterocycles. The first-order chi connectivity index (χ1) is 5.15. The Hall–Kier alpha value is -1.08. The number of aliphatic carboxylic acids is 1.